The van der Waals surface area contributed by atoms with Crippen molar-refractivity contribution in [2.45, 2.75) is 38.1 Å². The Labute approximate surface area is 130 Å². The van der Waals surface area contributed by atoms with Crippen molar-refractivity contribution >= 4 is 27.1 Å². The maximum absolute atomic E-state index is 12.4. The molecule has 0 aliphatic heterocycles. The van der Waals surface area contributed by atoms with Gasteiger partial charge in [0.15, 0.2) is 0 Å². The lowest BCUT2D eigenvalue weighted by molar-refractivity contribution is -0.816. The highest BCUT2D eigenvalue weighted by Crippen LogP contribution is 2.22. The largest absolute Gasteiger partial charge is 0.361 e. The molecule has 0 radical (unpaired) electrons. The molecule has 0 saturated heterocycles. The summed E-state index contributed by atoms with van der Waals surface area (Å²) in [6.07, 6.45) is 3.18. The second kappa shape index (κ2) is 5.73. The third-order valence-corrected chi connectivity index (χ3v) is 4.86. The Kier molecular flexibility index (Phi) is 4.30. The van der Waals surface area contributed by atoms with Gasteiger partial charge in [0.1, 0.15) is 0 Å². The standard InChI is InChI=1S/C15H21N3O3S/c1-5-17-22(20,21)14-9-11-6-7-16-13(11)8-12(14)10-18(19)15(2,3)4/h6-10,17,19H,5H2,1-4H3/p+1. The molecule has 0 saturated carbocycles. The Morgan fingerprint density at radius 3 is 2.64 bits per heavy atom. The van der Waals surface area contributed by atoms with E-state index in [0.717, 1.165) is 15.6 Å². The minimum absolute atomic E-state index is 0.143. The summed E-state index contributed by atoms with van der Waals surface area (Å²) in [7, 11) is -3.63. The van der Waals surface area contributed by atoms with Crippen molar-refractivity contribution < 1.29 is 18.4 Å². The van der Waals surface area contributed by atoms with Crippen LogP contribution >= 0.6 is 0 Å². The normalized spacial score (nSPS) is 13.7. The lowest BCUT2D eigenvalue weighted by atomic mass is 10.1. The van der Waals surface area contributed by atoms with Crippen molar-refractivity contribution in [3.05, 3.63) is 30.0 Å². The first kappa shape index (κ1) is 16.5. The highest BCUT2D eigenvalue weighted by molar-refractivity contribution is 7.89. The van der Waals surface area contributed by atoms with Gasteiger partial charge in [-0.25, -0.2) is 13.1 Å². The second-order valence-electron chi connectivity index (χ2n) is 6.10. The van der Waals surface area contributed by atoms with E-state index >= 15 is 0 Å². The summed E-state index contributed by atoms with van der Waals surface area (Å²) >= 11 is 0. The van der Waals surface area contributed by atoms with E-state index in [1.54, 1.807) is 25.3 Å². The zero-order chi connectivity index (χ0) is 16.5. The summed E-state index contributed by atoms with van der Waals surface area (Å²) in [4.78, 5) is 3.19. The van der Waals surface area contributed by atoms with Gasteiger partial charge in [-0.1, -0.05) is 6.92 Å². The molecule has 7 heteroatoms. The molecule has 3 N–H and O–H groups in total. The maximum atomic E-state index is 12.4. The first-order valence-corrected chi connectivity index (χ1v) is 8.57. The molecular weight excluding hydrogens is 302 g/mol. The number of fused-ring (bicyclic) bond motifs is 1. The zero-order valence-electron chi connectivity index (χ0n) is 13.2. The van der Waals surface area contributed by atoms with Gasteiger partial charge in [0.05, 0.1) is 10.5 Å². The minimum Gasteiger partial charge on any atom is -0.361 e. The Morgan fingerprint density at radius 1 is 1.36 bits per heavy atom. The number of nitrogens with one attached hydrogen (secondary N) is 2. The third-order valence-electron chi connectivity index (χ3n) is 3.26. The number of aromatic nitrogens is 1. The minimum atomic E-state index is -3.63. The molecule has 0 unspecified atom stereocenters. The molecule has 1 aromatic carbocycles. The summed E-state index contributed by atoms with van der Waals surface area (Å²) in [5.41, 5.74) is 0.696. The molecule has 0 atom stereocenters. The fourth-order valence-corrected chi connectivity index (χ4v) is 3.26. The van der Waals surface area contributed by atoms with Gasteiger partial charge in [0.25, 0.3) is 0 Å². The van der Waals surface area contributed by atoms with Crippen molar-refractivity contribution in [2.75, 3.05) is 6.54 Å². The summed E-state index contributed by atoms with van der Waals surface area (Å²) in [6, 6.07) is 5.13. The first-order chi connectivity index (χ1) is 10.1. The molecule has 2 rings (SSSR count). The molecule has 0 bridgehead atoms. The average Bonchev–Trinajstić information content (AvgIpc) is 2.83. The van der Waals surface area contributed by atoms with E-state index in [2.05, 4.69) is 9.71 Å². The number of rotatable bonds is 4. The van der Waals surface area contributed by atoms with Crippen LogP contribution in [0.2, 0.25) is 0 Å². The van der Waals surface area contributed by atoms with E-state index in [-0.39, 0.29) is 4.90 Å². The van der Waals surface area contributed by atoms with Crippen LogP contribution in [0.1, 0.15) is 33.3 Å². The van der Waals surface area contributed by atoms with Crippen LogP contribution in [-0.4, -0.2) is 41.6 Å². The Hall–Kier alpha value is -1.86. The second-order valence-corrected chi connectivity index (χ2v) is 7.84. The molecular formula is C15H22N3O3S+. The molecule has 1 aromatic heterocycles. The van der Waals surface area contributed by atoms with Crippen LogP contribution < -0.4 is 4.72 Å². The maximum Gasteiger partial charge on any atom is 0.241 e. The van der Waals surface area contributed by atoms with Crippen molar-refractivity contribution in [1.82, 2.24) is 9.71 Å². The summed E-state index contributed by atoms with van der Waals surface area (Å²) in [5.74, 6) is 0. The highest BCUT2D eigenvalue weighted by atomic mass is 32.2. The third kappa shape index (κ3) is 3.31. The molecule has 120 valence electrons. The molecule has 2 aromatic rings. The summed E-state index contributed by atoms with van der Waals surface area (Å²) in [5, 5.41) is 10.9. The van der Waals surface area contributed by atoms with E-state index in [4.69, 9.17) is 0 Å². The smallest absolute Gasteiger partial charge is 0.241 e. The summed E-state index contributed by atoms with van der Waals surface area (Å²) < 4.78 is 28.3. The van der Waals surface area contributed by atoms with E-state index in [0.29, 0.717) is 12.1 Å². The number of aromatic amines is 1. The highest BCUT2D eigenvalue weighted by Gasteiger charge is 2.27. The van der Waals surface area contributed by atoms with E-state index < -0.39 is 15.6 Å². The molecule has 1 heterocycles. The Balaban J connectivity index is 2.70. The van der Waals surface area contributed by atoms with Crippen LogP contribution in [0.5, 0.6) is 0 Å². The Bertz CT molecular complexity index is 814. The number of hydroxylamine groups is 1. The SMILES string of the molecule is CCNS(=O)(=O)c1cc2cc[nH]c2cc1/C=[N+](\O)C(C)(C)C. The number of benzene rings is 1. The first-order valence-electron chi connectivity index (χ1n) is 7.09. The van der Waals surface area contributed by atoms with Gasteiger partial charge in [0, 0.05) is 44.4 Å². The van der Waals surface area contributed by atoms with Gasteiger partial charge < -0.3 is 4.98 Å². The van der Waals surface area contributed by atoms with Crippen molar-refractivity contribution in [1.29, 1.82) is 0 Å². The monoisotopic (exact) mass is 324 g/mol. The molecule has 6 nitrogen and oxygen atoms in total. The van der Waals surface area contributed by atoms with Crippen LogP contribution in [0.15, 0.2) is 29.3 Å². The van der Waals surface area contributed by atoms with Crippen LogP contribution in [0.3, 0.4) is 0 Å². The van der Waals surface area contributed by atoms with Gasteiger partial charge in [-0.2, -0.15) is 0 Å². The summed E-state index contributed by atoms with van der Waals surface area (Å²) in [6.45, 7) is 7.51. The van der Waals surface area contributed by atoms with Crippen molar-refractivity contribution in [3.8, 4) is 0 Å². The lowest BCUT2D eigenvalue weighted by Crippen LogP contribution is -2.32. The van der Waals surface area contributed by atoms with Crippen molar-refractivity contribution in [3.63, 3.8) is 0 Å². The number of hydrogen-bond acceptors (Lipinski definition) is 3. The van der Waals surface area contributed by atoms with Crippen LogP contribution in [0.4, 0.5) is 0 Å². The van der Waals surface area contributed by atoms with Crippen LogP contribution in [0.25, 0.3) is 10.9 Å². The fourth-order valence-electron chi connectivity index (χ4n) is 2.02. The zero-order valence-corrected chi connectivity index (χ0v) is 14.0. The molecule has 0 amide bonds. The van der Waals surface area contributed by atoms with Gasteiger partial charge in [-0.05, 0) is 22.9 Å². The van der Waals surface area contributed by atoms with Gasteiger partial charge in [-0.15, -0.1) is 0 Å². The number of H-pyrrole nitrogens is 1. The predicted molar refractivity (Wildman–Crippen MR) is 86.1 cm³/mol. The molecule has 22 heavy (non-hydrogen) atoms. The lowest BCUT2D eigenvalue weighted by Gasteiger charge is -2.11. The predicted octanol–water partition coefficient (Wildman–Crippen LogP) is 2.09. The Morgan fingerprint density at radius 2 is 2.05 bits per heavy atom. The van der Waals surface area contributed by atoms with Crippen LogP contribution in [-0.2, 0) is 10.0 Å². The molecule has 0 aliphatic rings. The fraction of sp³-hybridized carbons (Fsp3) is 0.400. The van der Waals surface area contributed by atoms with Gasteiger partial charge >= 0.3 is 0 Å². The van der Waals surface area contributed by atoms with Gasteiger partial charge in [-0.3, -0.25) is 5.21 Å². The van der Waals surface area contributed by atoms with E-state index in [1.165, 1.54) is 6.21 Å². The van der Waals surface area contributed by atoms with Crippen molar-refractivity contribution in [2.24, 2.45) is 0 Å². The number of sulfonamides is 1. The number of hydrogen-bond donors (Lipinski definition) is 3. The topological polar surface area (TPSA) is 85.2 Å². The van der Waals surface area contributed by atoms with Crippen LogP contribution in [0, 0.1) is 0 Å². The molecule has 0 spiro atoms. The van der Waals surface area contributed by atoms with E-state index in [9.17, 15) is 13.6 Å². The quantitative estimate of drug-likeness (QED) is 0.348. The van der Waals surface area contributed by atoms with Gasteiger partial charge in [0.2, 0.25) is 21.8 Å². The molecule has 0 fully saturated rings. The van der Waals surface area contributed by atoms with E-state index in [1.807, 2.05) is 26.8 Å². The average molecular weight is 324 g/mol. The number of nitrogens with zero attached hydrogens (tertiary/aromatic N) is 1. The molecule has 0 aliphatic carbocycles.